The van der Waals surface area contributed by atoms with Crippen molar-refractivity contribution in [3.63, 3.8) is 0 Å². The fourth-order valence-electron chi connectivity index (χ4n) is 3.57. The van der Waals surface area contributed by atoms with Crippen LogP contribution >= 0.6 is 11.8 Å². The maximum Gasteiger partial charge on any atom is 0.286 e. The van der Waals surface area contributed by atoms with Crippen molar-refractivity contribution >= 4 is 22.9 Å². The van der Waals surface area contributed by atoms with Crippen molar-refractivity contribution < 1.29 is 14.0 Å². The van der Waals surface area contributed by atoms with E-state index in [9.17, 15) is 9.59 Å². The van der Waals surface area contributed by atoms with Gasteiger partial charge in [0.25, 0.3) is 5.24 Å². The van der Waals surface area contributed by atoms with E-state index in [2.05, 4.69) is 34.6 Å². The lowest BCUT2D eigenvalue weighted by Gasteiger charge is -2.06. The maximum absolute atomic E-state index is 11.6. The predicted molar refractivity (Wildman–Crippen MR) is 118 cm³/mol. The van der Waals surface area contributed by atoms with E-state index < -0.39 is 0 Å². The second-order valence-electron chi connectivity index (χ2n) is 7.48. The van der Waals surface area contributed by atoms with Crippen LogP contribution < -0.4 is 5.32 Å². The van der Waals surface area contributed by atoms with Crippen molar-refractivity contribution in [2.75, 3.05) is 0 Å². The second-order valence-corrected chi connectivity index (χ2v) is 8.66. The zero-order valence-electron chi connectivity index (χ0n) is 16.9. The van der Waals surface area contributed by atoms with Gasteiger partial charge in [0.15, 0.2) is 0 Å². The number of hydrogen-bond donors (Lipinski definition) is 1. The molecule has 4 rings (SSSR count). The van der Waals surface area contributed by atoms with Gasteiger partial charge in [-0.05, 0) is 62.3 Å². The highest BCUT2D eigenvalue weighted by atomic mass is 32.2. The van der Waals surface area contributed by atoms with E-state index in [1.807, 2.05) is 37.3 Å². The van der Waals surface area contributed by atoms with Gasteiger partial charge in [0.2, 0.25) is 11.8 Å². The van der Waals surface area contributed by atoms with Crippen LogP contribution in [0.2, 0.25) is 0 Å². The Morgan fingerprint density at radius 1 is 0.967 bits per heavy atom. The summed E-state index contributed by atoms with van der Waals surface area (Å²) in [6, 6.07) is 18.6. The maximum atomic E-state index is 11.6. The average Bonchev–Trinajstić information content (AvgIpc) is 3.29. The number of aryl methyl sites for hydroxylation is 4. The molecule has 1 aliphatic rings. The highest BCUT2D eigenvalue weighted by Crippen LogP contribution is 2.24. The lowest BCUT2D eigenvalue weighted by molar-refractivity contribution is -0.119. The second kappa shape index (κ2) is 9.30. The van der Waals surface area contributed by atoms with Crippen LogP contribution in [0.4, 0.5) is 4.79 Å². The van der Waals surface area contributed by atoms with Gasteiger partial charge in [-0.3, -0.25) is 14.9 Å². The molecule has 154 valence electrons. The molecule has 0 saturated carbocycles. The van der Waals surface area contributed by atoms with Crippen LogP contribution in [0, 0.1) is 6.92 Å². The summed E-state index contributed by atoms with van der Waals surface area (Å²) >= 11 is 1.10. The fourth-order valence-corrected chi connectivity index (χ4v) is 4.44. The van der Waals surface area contributed by atoms with Crippen molar-refractivity contribution in [2.24, 2.45) is 0 Å². The Bertz CT molecular complexity index is 1030. The SMILES string of the molecule is Cc1oc(-c2ccccc2)nc1CCc1ccc(CCCC2SC(=O)NC2=O)cc1. The summed E-state index contributed by atoms with van der Waals surface area (Å²) in [6.07, 6.45) is 4.26. The first-order valence-corrected chi connectivity index (χ1v) is 11.1. The Morgan fingerprint density at radius 3 is 2.33 bits per heavy atom. The minimum absolute atomic E-state index is 0.154. The molecule has 1 N–H and O–H groups in total. The summed E-state index contributed by atoms with van der Waals surface area (Å²) in [5, 5.41) is 1.88. The van der Waals surface area contributed by atoms with Crippen molar-refractivity contribution in [3.05, 3.63) is 77.2 Å². The number of nitrogens with zero attached hydrogens (tertiary/aromatic N) is 1. The number of thioether (sulfide) groups is 1. The Balaban J connectivity index is 1.27. The van der Waals surface area contributed by atoms with Gasteiger partial charge < -0.3 is 4.42 Å². The smallest absolute Gasteiger partial charge is 0.286 e. The fraction of sp³-hybridized carbons (Fsp3) is 0.292. The van der Waals surface area contributed by atoms with Crippen molar-refractivity contribution in [3.8, 4) is 11.5 Å². The number of rotatable bonds is 8. The Kier molecular flexibility index (Phi) is 6.33. The van der Waals surface area contributed by atoms with Gasteiger partial charge in [-0.25, -0.2) is 4.98 Å². The third kappa shape index (κ3) is 5.00. The van der Waals surface area contributed by atoms with Crippen molar-refractivity contribution in [1.29, 1.82) is 0 Å². The van der Waals surface area contributed by atoms with Crippen LogP contribution in [0.5, 0.6) is 0 Å². The first-order valence-electron chi connectivity index (χ1n) is 10.2. The van der Waals surface area contributed by atoms with Crippen LogP contribution in [0.25, 0.3) is 11.5 Å². The lowest BCUT2D eigenvalue weighted by atomic mass is 10.0. The Hall–Kier alpha value is -2.86. The largest absolute Gasteiger partial charge is 0.441 e. The molecule has 2 amide bonds. The molecular formula is C24H24N2O3S. The van der Waals surface area contributed by atoms with Crippen LogP contribution in [0.1, 0.15) is 35.4 Å². The molecule has 2 aromatic carbocycles. The zero-order valence-corrected chi connectivity index (χ0v) is 17.7. The zero-order chi connectivity index (χ0) is 20.9. The Labute approximate surface area is 180 Å². The molecule has 0 radical (unpaired) electrons. The van der Waals surface area contributed by atoms with E-state index in [-0.39, 0.29) is 16.4 Å². The highest BCUT2D eigenvalue weighted by molar-refractivity contribution is 8.15. The van der Waals surface area contributed by atoms with Crippen molar-refractivity contribution in [1.82, 2.24) is 10.3 Å². The number of imide groups is 1. The number of nitrogens with one attached hydrogen (secondary N) is 1. The van der Waals surface area contributed by atoms with Gasteiger partial charge in [0.1, 0.15) is 5.76 Å². The summed E-state index contributed by atoms with van der Waals surface area (Å²) in [5.41, 5.74) is 4.50. The molecule has 1 saturated heterocycles. The van der Waals surface area contributed by atoms with E-state index in [0.717, 1.165) is 60.9 Å². The quantitative estimate of drug-likeness (QED) is 0.548. The van der Waals surface area contributed by atoms with E-state index in [4.69, 9.17) is 4.42 Å². The molecule has 5 nitrogen and oxygen atoms in total. The molecular weight excluding hydrogens is 396 g/mol. The minimum Gasteiger partial charge on any atom is -0.441 e. The van der Waals surface area contributed by atoms with E-state index in [1.165, 1.54) is 11.1 Å². The average molecular weight is 421 g/mol. The standard InChI is InChI=1S/C24H24N2O3S/c1-16-20(25-23(29-16)19-7-3-2-4-8-19)15-14-18-12-10-17(11-13-18)6-5-9-21-22(27)26-24(28)30-21/h2-4,7-8,10-13,21H,5-6,9,14-15H2,1H3,(H,26,27,28). The van der Waals surface area contributed by atoms with Gasteiger partial charge >= 0.3 is 0 Å². The first-order chi connectivity index (χ1) is 14.6. The molecule has 6 heteroatoms. The van der Waals surface area contributed by atoms with Gasteiger partial charge in [0.05, 0.1) is 10.9 Å². The summed E-state index contributed by atoms with van der Waals surface area (Å²) < 4.78 is 5.85. The third-order valence-electron chi connectivity index (χ3n) is 5.29. The highest BCUT2D eigenvalue weighted by Gasteiger charge is 2.30. The van der Waals surface area contributed by atoms with Crippen LogP contribution in [-0.2, 0) is 24.1 Å². The number of amides is 2. The summed E-state index contributed by atoms with van der Waals surface area (Å²) in [4.78, 5) is 27.5. The van der Waals surface area contributed by atoms with Crippen LogP contribution in [-0.4, -0.2) is 21.4 Å². The molecule has 0 spiro atoms. The first kappa shape index (κ1) is 20.4. The molecule has 30 heavy (non-hydrogen) atoms. The lowest BCUT2D eigenvalue weighted by Crippen LogP contribution is -2.24. The molecule has 1 fully saturated rings. The van der Waals surface area contributed by atoms with Crippen molar-refractivity contribution in [2.45, 2.75) is 44.3 Å². The topological polar surface area (TPSA) is 72.2 Å². The number of carbonyl (C=O) groups is 2. The van der Waals surface area contributed by atoms with Gasteiger partial charge in [-0.1, -0.05) is 54.2 Å². The van der Waals surface area contributed by atoms with Gasteiger partial charge in [-0.15, -0.1) is 0 Å². The predicted octanol–water partition coefficient (Wildman–Crippen LogP) is 5.11. The number of benzene rings is 2. The minimum atomic E-state index is -0.233. The molecule has 1 aromatic heterocycles. The molecule has 2 heterocycles. The molecule has 1 aliphatic heterocycles. The molecule has 1 atom stereocenters. The van der Waals surface area contributed by atoms with E-state index >= 15 is 0 Å². The van der Waals surface area contributed by atoms with Crippen LogP contribution in [0.15, 0.2) is 59.0 Å². The number of oxazole rings is 1. The van der Waals surface area contributed by atoms with Gasteiger partial charge in [0, 0.05) is 5.56 Å². The summed E-state index contributed by atoms with van der Waals surface area (Å²) in [5.74, 6) is 1.39. The third-order valence-corrected chi connectivity index (χ3v) is 6.34. The van der Waals surface area contributed by atoms with E-state index in [1.54, 1.807) is 0 Å². The molecule has 1 unspecified atom stereocenters. The van der Waals surface area contributed by atoms with E-state index in [0.29, 0.717) is 5.89 Å². The normalized spacial score (nSPS) is 16.1. The number of hydrogen-bond acceptors (Lipinski definition) is 5. The molecule has 0 aliphatic carbocycles. The van der Waals surface area contributed by atoms with Gasteiger partial charge in [-0.2, -0.15) is 0 Å². The molecule has 0 bridgehead atoms. The number of carbonyl (C=O) groups excluding carboxylic acids is 2. The van der Waals surface area contributed by atoms with Crippen LogP contribution in [0.3, 0.4) is 0 Å². The number of aromatic nitrogens is 1. The summed E-state index contributed by atoms with van der Waals surface area (Å²) in [6.45, 7) is 1.97. The molecule has 3 aromatic rings. The Morgan fingerprint density at radius 2 is 1.67 bits per heavy atom. The monoisotopic (exact) mass is 420 g/mol. The summed E-state index contributed by atoms with van der Waals surface area (Å²) in [7, 11) is 0.